The summed E-state index contributed by atoms with van der Waals surface area (Å²) in [5, 5.41) is 0. The number of H-pyrrole nitrogens is 1. The summed E-state index contributed by atoms with van der Waals surface area (Å²) in [6.45, 7) is 1.73. The zero-order chi connectivity index (χ0) is 10.8. The maximum atomic E-state index is 11.7. The Hall–Kier alpha value is -2.17. The van der Waals surface area contributed by atoms with Crippen LogP contribution in [-0.4, -0.2) is 22.0 Å². The second-order valence-electron chi connectivity index (χ2n) is 3.07. The molecule has 0 spiro atoms. The summed E-state index contributed by atoms with van der Waals surface area (Å²) >= 11 is 0. The first-order valence-electron chi connectivity index (χ1n) is 4.31. The standard InChI is InChI=1S/C10H8N2O3/c1-6-5-15-10(11-6)9(14)8-3-2-7(4-13)12-8/h2-5,12H,1H3. The van der Waals surface area contributed by atoms with E-state index >= 15 is 0 Å². The summed E-state index contributed by atoms with van der Waals surface area (Å²) in [6, 6.07) is 3.04. The summed E-state index contributed by atoms with van der Waals surface area (Å²) < 4.78 is 4.95. The first kappa shape index (κ1) is 9.39. The molecular formula is C10H8N2O3. The van der Waals surface area contributed by atoms with Gasteiger partial charge in [-0.2, -0.15) is 0 Å². The molecule has 1 N–H and O–H groups in total. The number of oxazole rings is 1. The smallest absolute Gasteiger partial charge is 0.270 e. The first-order chi connectivity index (χ1) is 7.20. The van der Waals surface area contributed by atoms with E-state index in [9.17, 15) is 9.59 Å². The van der Waals surface area contributed by atoms with Crippen LogP contribution in [0, 0.1) is 6.92 Å². The molecular weight excluding hydrogens is 196 g/mol. The highest BCUT2D eigenvalue weighted by molar-refractivity contribution is 6.05. The van der Waals surface area contributed by atoms with E-state index in [2.05, 4.69) is 9.97 Å². The number of hydrogen-bond donors (Lipinski definition) is 1. The van der Waals surface area contributed by atoms with Gasteiger partial charge in [0.15, 0.2) is 6.29 Å². The lowest BCUT2D eigenvalue weighted by atomic mass is 10.3. The van der Waals surface area contributed by atoms with Gasteiger partial charge in [0, 0.05) is 0 Å². The Balaban J connectivity index is 2.31. The van der Waals surface area contributed by atoms with Crippen molar-refractivity contribution in [1.82, 2.24) is 9.97 Å². The Kier molecular flexibility index (Phi) is 2.21. The van der Waals surface area contributed by atoms with E-state index in [1.54, 1.807) is 6.92 Å². The van der Waals surface area contributed by atoms with Crippen LogP contribution in [0.25, 0.3) is 0 Å². The third kappa shape index (κ3) is 1.71. The van der Waals surface area contributed by atoms with Crippen molar-refractivity contribution in [2.45, 2.75) is 6.92 Å². The van der Waals surface area contributed by atoms with Crippen molar-refractivity contribution in [1.29, 1.82) is 0 Å². The normalized spacial score (nSPS) is 10.2. The lowest BCUT2D eigenvalue weighted by molar-refractivity contribution is 0.0998. The second kappa shape index (κ2) is 3.53. The summed E-state index contributed by atoms with van der Waals surface area (Å²) in [7, 11) is 0. The predicted molar refractivity (Wildman–Crippen MR) is 50.9 cm³/mol. The minimum Gasteiger partial charge on any atom is -0.442 e. The van der Waals surface area contributed by atoms with Gasteiger partial charge in [0.05, 0.1) is 17.1 Å². The molecule has 5 nitrogen and oxygen atoms in total. The molecule has 0 aromatic carbocycles. The maximum Gasteiger partial charge on any atom is 0.270 e. The molecule has 0 radical (unpaired) electrons. The average molecular weight is 204 g/mol. The third-order valence-corrected chi connectivity index (χ3v) is 1.89. The molecule has 76 valence electrons. The van der Waals surface area contributed by atoms with Gasteiger partial charge in [0.2, 0.25) is 0 Å². The van der Waals surface area contributed by atoms with Crippen molar-refractivity contribution >= 4 is 12.1 Å². The number of nitrogens with zero attached hydrogens (tertiary/aromatic N) is 1. The molecule has 2 rings (SSSR count). The van der Waals surface area contributed by atoms with Crippen LogP contribution in [-0.2, 0) is 0 Å². The SMILES string of the molecule is Cc1coc(C(=O)c2ccc(C=O)[nH]2)n1. The fraction of sp³-hybridized carbons (Fsp3) is 0.100. The molecule has 2 aromatic heterocycles. The number of aryl methyl sites for hydroxylation is 1. The van der Waals surface area contributed by atoms with Crippen LogP contribution >= 0.6 is 0 Å². The average Bonchev–Trinajstić information content (AvgIpc) is 2.84. The van der Waals surface area contributed by atoms with Crippen LogP contribution in [0.4, 0.5) is 0 Å². The van der Waals surface area contributed by atoms with Gasteiger partial charge in [-0.3, -0.25) is 9.59 Å². The molecule has 0 amide bonds. The fourth-order valence-corrected chi connectivity index (χ4v) is 1.19. The summed E-state index contributed by atoms with van der Waals surface area (Å²) in [5.74, 6) is -0.344. The van der Waals surface area contributed by atoms with Crippen molar-refractivity contribution in [3.8, 4) is 0 Å². The molecule has 2 aromatic rings. The van der Waals surface area contributed by atoms with E-state index < -0.39 is 0 Å². The lowest BCUT2D eigenvalue weighted by Crippen LogP contribution is -2.02. The van der Waals surface area contributed by atoms with Gasteiger partial charge in [0.25, 0.3) is 11.7 Å². The molecule has 0 saturated heterocycles. The van der Waals surface area contributed by atoms with Crippen molar-refractivity contribution in [2.24, 2.45) is 0 Å². The van der Waals surface area contributed by atoms with E-state index in [1.165, 1.54) is 18.4 Å². The minimum atomic E-state index is -0.365. The lowest BCUT2D eigenvalue weighted by Gasteiger charge is -1.90. The molecule has 15 heavy (non-hydrogen) atoms. The van der Waals surface area contributed by atoms with E-state index in [1.807, 2.05) is 0 Å². The predicted octanol–water partition coefficient (Wildman–Crippen LogP) is 1.35. The summed E-state index contributed by atoms with van der Waals surface area (Å²) in [4.78, 5) is 28.6. The highest BCUT2D eigenvalue weighted by atomic mass is 16.3. The van der Waals surface area contributed by atoms with Gasteiger partial charge in [0.1, 0.15) is 6.26 Å². The largest absolute Gasteiger partial charge is 0.442 e. The number of aromatic nitrogens is 2. The van der Waals surface area contributed by atoms with Crippen molar-refractivity contribution in [3.63, 3.8) is 0 Å². The summed E-state index contributed by atoms with van der Waals surface area (Å²) in [6.07, 6.45) is 2.04. The quantitative estimate of drug-likeness (QED) is 0.604. The van der Waals surface area contributed by atoms with E-state index in [-0.39, 0.29) is 11.7 Å². The number of hydrogen-bond acceptors (Lipinski definition) is 4. The van der Waals surface area contributed by atoms with Crippen molar-refractivity contribution in [3.05, 3.63) is 41.4 Å². The molecule has 0 unspecified atom stereocenters. The Morgan fingerprint density at radius 1 is 1.53 bits per heavy atom. The number of aldehydes is 1. The number of rotatable bonds is 3. The van der Waals surface area contributed by atoms with Crippen LogP contribution in [0.3, 0.4) is 0 Å². The Bertz CT molecular complexity index is 510. The molecule has 0 atom stereocenters. The molecule has 0 aliphatic rings. The zero-order valence-corrected chi connectivity index (χ0v) is 7.98. The molecule has 5 heteroatoms. The highest BCUT2D eigenvalue weighted by Gasteiger charge is 2.16. The van der Waals surface area contributed by atoms with Gasteiger partial charge >= 0.3 is 0 Å². The highest BCUT2D eigenvalue weighted by Crippen LogP contribution is 2.08. The number of ketones is 1. The van der Waals surface area contributed by atoms with Crippen LogP contribution < -0.4 is 0 Å². The fourth-order valence-electron chi connectivity index (χ4n) is 1.19. The van der Waals surface area contributed by atoms with Crippen LogP contribution in [0.5, 0.6) is 0 Å². The van der Waals surface area contributed by atoms with Crippen LogP contribution in [0.15, 0.2) is 22.8 Å². The maximum absolute atomic E-state index is 11.7. The summed E-state index contributed by atoms with van der Waals surface area (Å²) in [5.41, 5.74) is 1.28. The van der Waals surface area contributed by atoms with Crippen molar-refractivity contribution < 1.29 is 14.0 Å². The number of carbonyl (C=O) groups is 2. The Labute approximate surface area is 85.1 Å². The van der Waals surface area contributed by atoms with Crippen molar-refractivity contribution in [2.75, 3.05) is 0 Å². The molecule has 0 bridgehead atoms. The van der Waals surface area contributed by atoms with E-state index in [0.717, 1.165) is 0 Å². The van der Waals surface area contributed by atoms with E-state index in [4.69, 9.17) is 4.42 Å². The van der Waals surface area contributed by atoms with Gasteiger partial charge in [-0.1, -0.05) is 0 Å². The molecule has 0 aliphatic carbocycles. The van der Waals surface area contributed by atoms with Crippen LogP contribution in [0.1, 0.15) is 32.6 Å². The monoisotopic (exact) mass is 204 g/mol. The van der Waals surface area contributed by atoms with Gasteiger partial charge in [-0.05, 0) is 19.1 Å². The number of nitrogens with one attached hydrogen (secondary N) is 1. The van der Waals surface area contributed by atoms with Gasteiger partial charge < -0.3 is 9.40 Å². The molecule has 0 aliphatic heterocycles. The van der Waals surface area contributed by atoms with Crippen LogP contribution in [0.2, 0.25) is 0 Å². The minimum absolute atomic E-state index is 0.0202. The number of aromatic amines is 1. The first-order valence-corrected chi connectivity index (χ1v) is 4.31. The molecule has 0 fully saturated rings. The van der Waals surface area contributed by atoms with E-state index in [0.29, 0.717) is 23.4 Å². The second-order valence-corrected chi connectivity index (χ2v) is 3.07. The Morgan fingerprint density at radius 3 is 2.87 bits per heavy atom. The molecule has 2 heterocycles. The third-order valence-electron chi connectivity index (χ3n) is 1.89. The zero-order valence-electron chi connectivity index (χ0n) is 7.98. The topological polar surface area (TPSA) is 76.0 Å². The Morgan fingerprint density at radius 2 is 2.33 bits per heavy atom. The van der Waals surface area contributed by atoms with Gasteiger partial charge in [-0.25, -0.2) is 4.98 Å². The number of carbonyl (C=O) groups excluding carboxylic acids is 2. The molecule has 0 saturated carbocycles. The van der Waals surface area contributed by atoms with Gasteiger partial charge in [-0.15, -0.1) is 0 Å².